The zero-order valence-electron chi connectivity index (χ0n) is 16.8. The molecule has 2 heterocycles. The summed E-state index contributed by atoms with van der Waals surface area (Å²) in [6.45, 7) is 3.76. The standard InChI is InChI=1S/C19H25N3O6S3/c20-19(23)28-14-15-2-7-18(29-15)31(26,27)17-5-3-16(4-6-17)30(24,25)13-12-22-10-1-8-21-9-11-22/h2-7,21H,1,8-14H2,(H2,20,23). The molecule has 0 saturated carbocycles. The fourth-order valence-corrected chi connectivity index (χ4v) is 7.11. The van der Waals surface area contributed by atoms with Crippen molar-refractivity contribution in [3.05, 3.63) is 41.3 Å². The van der Waals surface area contributed by atoms with E-state index in [9.17, 15) is 21.6 Å². The highest BCUT2D eigenvalue weighted by atomic mass is 32.2. The number of rotatable bonds is 8. The van der Waals surface area contributed by atoms with Gasteiger partial charge in [0.25, 0.3) is 0 Å². The average molecular weight is 488 g/mol. The molecule has 9 nitrogen and oxygen atoms in total. The largest absolute Gasteiger partial charge is 0.444 e. The van der Waals surface area contributed by atoms with Crippen molar-refractivity contribution in [2.24, 2.45) is 5.73 Å². The molecule has 0 unspecified atom stereocenters. The van der Waals surface area contributed by atoms with Gasteiger partial charge in [0.15, 0.2) is 9.84 Å². The Hall–Kier alpha value is -1.99. The van der Waals surface area contributed by atoms with Crippen molar-refractivity contribution in [3.63, 3.8) is 0 Å². The predicted molar refractivity (Wildman–Crippen MR) is 117 cm³/mol. The van der Waals surface area contributed by atoms with E-state index < -0.39 is 25.8 Å². The Bertz CT molecular complexity index is 1100. The van der Waals surface area contributed by atoms with Crippen LogP contribution in [0, 0.1) is 0 Å². The second-order valence-electron chi connectivity index (χ2n) is 7.07. The lowest BCUT2D eigenvalue weighted by Gasteiger charge is -2.19. The van der Waals surface area contributed by atoms with Gasteiger partial charge < -0.3 is 20.7 Å². The van der Waals surface area contributed by atoms with Gasteiger partial charge in [-0.05, 0) is 55.9 Å². The number of carbonyl (C=O) groups excluding carboxylic acids is 1. The first kappa shape index (κ1) is 23.7. The summed E-state index contributed by atoms with van der Waals surface area (Å²) in [5, 5.41) is 3.28. The Labute approximate surface area is 186 Å². The molecule has 1 amide bonds. The molecule has 1 fully saturated rings. The summed E-state index contributed by atoms with van der Waals surface area (Å²) in [5.41, 5.74) is 4.91. The molecule has 0 spiro atoms. The molecule has 12 heteroatoms. The summed E-state index contributed by atoms with van der Waals surface area (Å²) in [7, 11) is -7.34. The molecule has 0 atom stereocenters. The number of hydrogen-bond acceptors (Lipinski definition) is 9. The molecule has 3 rings (SSSR count). The Morgan fingerprint density at radius 2 is 1.74 bits per heavy atom. The first-order valence-corrected chi connectivity index (χ1v) is 13.7. The molecule has 1 aliphatic rings. The van der Waals surface area contributed by atoms with Crippen LogP contribution in [-0.2, 0) is 31.0 Å². The fourth-order valence-electron chi connectivity index (χ4n) is 3.16. The summed E-state index contributed by atoms with van der Waals surface area (Å²) in [4.78, 5) is 13.4. The van der Waals surface area contributed by atoms with Crippen molar-refractivity contribution in [2.45, 2.75) is 27.0 Å². The third-order valence-corrected chi connectivity index (χ3v) is 9.89. The molecule has 3 N–H and O–H groups in total. The molecule has 2 aromatic rings. The number of sulfone groups is 2. The molecule has 1 aliphatic heterocycles. The van der Waals surface area contributed by atoms with Gasteiger partial charge in [-0.25, -0.2) is 21.6 Å². The van der Waals surface area contributed by atoms with Crippen LogP contribution in [0.25, 0.3) is 0 Å². The van der Waals surface area contributed by atoms with Gasteiger partial charge in [-0.15, -0.1) is 11.3 Å². The van der Waals surface area contributed by atoms with Crippen molar-refractivity contribution in [2.75, 3.05) is 38.5 Å². The molecule has 0 aliphatic carbocycles. The van der Waals surface area contributed by atoms with Gasteiger partial charge in [0.05, 0.1) is 15.5 Å². The highest BCUT2D eigenvalue weighted by molar-refractivity contribution is 7.93. The third-order valence-electron chi connectivity index (χ3n) is 4.86. The number of benzene rings is 1. The van der Waals surface area contributed by atoms with Crippen LogP contribution in [-0.4, -0.2) is 66.3 Å². The maximum absolute atomic E-state index is 12.8. The highest BCUT2D eigenvalue weighted by Gasteiger charge is 2.22. The van der Waals surface area contributed by atoms with Crippen LogP contribution in [0.3, 0.4) is 0 Å². The summed E-state index contributed by atoms with van der Waals surface area (Å²) in [6.07, 6.45) is 0.0354. The SMILES string of the molecule is NC(=O)OCc1ccc(S(=O)(=O)c2ccc(S(=O)(=O)CCN3CCCNCC3)cc2)s1. The Morgan fingerprint density at radius 3 is 2.45 bits per heavy atom. The maximum atomic E-state index is 12.8. The van der Waals surface area contributed by atoms with E-state index in [0.717, 1.165) is 43.9 Å². The number of hydrogen-bond donors (Lipinski definition) is 2. The monoisotopic (exact) mass is 487 g/mol. The minimum atomic E-state index is -3.82. The van der Waals surface area contributed by atoms with E-state index in [1.807, 2.05) is 0 Å². The number of ether oxygens (including phenoxy) is 1. The van der Waals surface area contributed by atoms with Crippen molar-refractivity contribution in [1.29, 1.82) is 0 Å². The number of amides is 1. The lowest BCUT2D eigenvalue weighted by Crippen LogP contribution is -2.32. The van der Waals surface area contributed by atoms with Gasteiger partial charge in [0, 0.05) is 24.5 Å². The predicted octanol–water partition coefficient (Wildman–Crippen LogP) is 1.25. The minimum absolute atomic E-state index is 0.00531. The van der Waals surface area contributed by atoms with Crippen molar-refractivity contribution in [3.8, 4) is 0 Å². The van der Waals surface area contributed by atoms with Crippen molar-refractivity contribution >= 4 is 37.1 Å². The first-order valence-electron chi connectivity index (χ1n) is 9.70. The van der Waals surface area contributed by atoms with Gasteiger partial charge >= 0.3 is 6.09 Å². The lowest BCUT2D eigenvalue weighted by atomic mass is 10.4. The zero-order chi connectivity index (χ0) is 22.5. The number of nitrogens with one attached hydrogen (secondary N) is 1. The third kappa shape index (κ3) is 6.26. The van der Waals surface area contributed by atoms with E-state index in [1.54, 1.807) is 0 Å². The van der Waals surface area contributed by atoms with Gasteiger partial charge in [0.1, 0.15) is 10.8 Å². The molecule has 0 radical (unpaired) electrons. The van der Waals surface area contributed by atoms with Crippen LogP contribution >= 0.6 is 11.3 Å². The smallest absolute Gasteiger partial charge is 0.404 e. The van der Waals surface area contributed by atoms with E-state index in [-0.39, 0.29) is 26.4 Å². The van der Waals surface area contributed by atoms with Crippen molar-refractivity contribution in [1.82, 2.24) is 10.2 Å². The van der Waals surface area contributed by atoms with Gasteiger partial charge in [-0.1, -0.05) is 0 Å². The first-order chi connectivity index (χ1) is 14.7. The van der Waals surface area contributed by atoms with E-state index in [1.165, 1.54) is 36.4 Å². The number of thiophene rings is 1. The van der Waals surface area contributed by atoms with Crippen LogP contribution in [0.15, 0.2) is 50.4 Å². The quantitative estimate of drug-likeness (QED) is 0.568. The summed E-state index contributed by atoms with van der Waals surface area (Å²) < 4.78 is 55.8. The fraction of sp³-hybridized carbons (Fsp3) is 0.421. The molecule has 31 heavy (non-hydrogen) atoms. The molecule has 1 aromatic heterocycles. The van der Waals surface area contributed by atoms with Gasteiger partial charge in [-0.3, -0.25) is 0 Å². The molecule has 1 aromatic carbocycles. The van der Waals surface area contributed by atoms with Crippen LogP contribution in [0.5, 0.6) is 0 Å². The zero-order valence-corrected chi connectivity index (χ0v) is 19.3. The molecular weight excluding hydrogens is 462 g/mol. The van der Waals surface area contributed by atoms with E-state index >= 15 is 0 Å². The van der Waals surface area contributed by atoms with Crippen LogP contribution < -0.4 is 11.1 Å². The van der Waals surface area contributed by atoms with Gasteiger partial charge in [0.2, 0.25) is 9.84 Å². The van der Waals surface area contributed by atoms with Crippen molar-refractivity contribution < 1.29 is 26.4 Å². The van der Waals surface area contributed by atoms with E-state index in [0.29, 0.717) is 11.4 Å². The number of primary amides is 1. The van der Waals surface area contributed by atoms with Crippen LogP contribution in [0.2, 0.25) is 0 Å². The lowest BCUT2D eigenvalue weighted by molar-refractivity contribution is 0.151. The molecule has 0 bridgehead atoms. The number of nitrogens with two attached hydrogens (primary N) is 1. The van der Waals surface area contributed by atoms with Crippen LogP contribution in [0.4, 0.5) is 4.79 Å². The Morgan fingerprint density at radius 1 is 1.03 bits per heavy atom. The Kier molecular flexibility index (Phi) is 7.70. The highest BCUT2D eigenvalue weighted by Crippen LogP contribution is 2.29. The second-order valence-corrected chi connectivity index (χ2v) is 12.5. The average Bonchev–Trinajstić information content (AvgIpc) is 3.07. The Balaban J connectivity index is 1.68. The normalized spacial score (nSPS) is 16.0. The topological polar surface area (TPSA) is 136 Å². The minimum Gasteiger partial charge on any atom is -0.444 e. The maximum Gasteiger partial charge on any atom is 0.404 e. The number of carbonyl (C=O) groups is 1. The summed E-state index contributed by atoms with van der Waals surface area (Å²) in [5.74, 6) is -0.0206. The van der Waals surface area contributed by atoms with E-state index in [4.69, 9.17) is 5.73 Å². The summed E-state index contributed by atoms with van der Waals surface area (Å²) >= 11 is 0.962. The molecular formula is C19H25N3O6S3. The molecule has 1 saturated heterocycles. The second kappa shape index (κ2) is 10.1. The molecule has 170 valence electrons. The van der Waals surface area contributed by atoms with Gasteiger partial charge in [-0.2, -0.15) is 0 Å². The number of nitrogens with zero attached hydrogens (tertiary/aromatic N) is 1. The van der Waals surface area contributed by atoms with E-state index in [2.05, 4.69) is 15.0 Å². The summed E-state index contributed by atoms with van der Waals surface area (Å²) in [6, 6.07) is 8.22. The van der Waals surface area contributed by atoms with Crippen LogP contribution in [0.1, 0.15) is 11.3 Å².